The zero-order valence-electron chi connectivity index (χ0n) is 13.6. The first-order valence-electron chi connectivity index (χ1n) is 8.06. The van der Waals surface area contributed by atoms with Crippen LogP contribution >= 0.6 is 0 Å². The Kier molecular flexibility index (Phi) is 4.95. The Labute approximate surface area is 140 Å². The number of halogens is 1. The summed E-state index contributed by atoms with van der Waals surface area (Å²) in [6.45, 7) is 2.98. The Morgan fingerprint density at radius 3 is 2.96 bits per heavy atom. The quantitative estimate of drug-likeness (QED) is 0.814. The van der Waals surface area contributed by atoms with Crippen LogP contribution in [-0.4, -0.2) is 28.9 Å². The number of carbonyl (C=O) groups excluding carboxylic acids is 1. The third-order valence-electron chi connectivity index (χ3n) is 4.15. The van der Waals surface area contributed by atoms with E-state index >= 15 is 0 Å². The first-order valence-corrected chi connectivity index (χ1v) is 8.06. The maximum Gasteiger partial charge on any atom is 0.298 e. The molecule has 0 saturated carbocycles. The van der Waals surface area contributed by atoms with Crippen LogP contribution in [0.25, 0.3) is 0 Å². The van der Waals surface area contributed by atoms with Crippen molar-refractivity contribution in [3.63, 3.8) is 0 Å². The van der Waals surface area contributed by atoms with Crippen molar-refractivity contribution in [3.05, 3.63) is 53.5 Å². The van der Waals surface area contributed by atoms with Gasteiger partial charge < -0.3 is 9.32 Å². The number of aromatic nitrogens is 1. The van der Waals surface area contributed by atoms with E-state index < -0.39 is 0 Å². The second kappa shape index (κ2) is 7.31. The van der Waals surface area contributed by atoms with E-state index in [-0.39, 0.29) is 17.6 Å². The summed E-state index contributed by atoms with van der Waals surface area (Å²) in [5, 5.41) is 0. The second-order valence-electron chi connectivity index (χ2n) is 5.93. The van der Waals surface area contributed by atoms with Gasteiger partial charge in [0.15, 0.2) is 5.89 Å². The Morgan fingerprint density at radius 2 is 2.21 bits per heavy atom. The van der Waals surface area contributed by atoms with Crippen LogP contribution in [0, 0.1) is 17.7 Å². The number of hydrogen-bond donors (Lipinski definition) is 0. The number of amides is 1. The van der Waals surface area contributed by atoms with Gasteiger partial charge in [0.1, 0.15) is 11.6 Å². The molecule has 1 unspecified atom stereocenters. The minimum Gasteiger partial charge on any atom is -0.445 e. The molecule has 1 aliphatic rings. The summed E-state index contributed by atoms with van der Waals surface area (Å²) >= 11 is 0. The summed E-state index contributed by atoms with van der Waals surface area (Å²) in [5.41, 5.74) is 0.970. The molecule has 24 heavy (non-hydrogen) atoms. The lowest BCUT2D eigenvalue weighted by molar-refractivity contribution is -0.126. The van der Waals surface area contributed by atoms with Crippen LogP contribution in [0.4, 0.5) is 4.39 Å². The molecule has 0 N–H and O–H groups in total. The van der Waals surface area contributed by atoms with E-state index in [0.29, 0.717) is 18.9 Å². The van der Waals surface area contributed by atoms with Gasteiger partial charge in [0.05, 0.1) is 12.1 Å². The molecule has 4 nitrogen and oxygen atoms in total. The van der Waals surface area contributed by atoms with E-state index in [0.717, 1.165) is 30.7 Å². The molecule has 2 heterocycles. The molecule has 1 aromatic heterocycles. The van der Waals surface area contributed by atoms with E-state index in [1.165, 1.54) is 12.1 Å². The molecular weight excluding hydrogens is 307 g/mol. The first kappa shape index (κ1) is 16.3. The van der Waals surface area contributed by atoms with Gasteiger partial charge in [0.2, 0.25) is 0 Å². The predicted molar refractivity (Wildman–Crippen MR) is 87.7 cm³/mol. The fourth-order valence-corrected chi connectivity index (χ4v) is 2.95. The Balaban J connectivity index is 1.67. The molecule has 0 radical (unpaired) electrons. The van der Waals surface area contributed by atoms with Crippen LogP contribution in [0.5, 0.6) is 0 Å². The largest absolute Gasteiger partial charge is 0.445 e. The predicted octanol–water partition coefficient (Wildman–Crippen LogP) is 3.13. The summed E-state index contributed by atoms with van der Waals surface area (Å²) in [4.78, 5) is 18.1. The van der Waals surface area contributed by atoms with Gasteiger partial charge in [-0.3, -0.25) is 4.79 Å². The minimum atomic E-state index is -0.251. The van der Waals surface area contributed by atoms with Crippen LogP contribution in [0.15, 0.2) is 34.9 Å². The highest BCUT2D eigenvalue weighted by atomic mass is 19.1. The van der Waals surface area contributed by atoms with Crippen molar-refractivity contribution < 1.29 is 13.6 Å². The molecular formula is C19H19FN2O2. The summed E-state index contributed by atoms with van der Waals surface area (Å²) in [7, 11) is 0. The van der Waals surface area contributed by atoms with Crippen molar-refractivity contribution in [2.45, 2.75) is 32.1 Å². The normalized spacial score (nSPS) is 17.2. The molecule has 0 bridgehead atoms. The fraction of sp³-hybridized carbons (Fsp3) is 0.368. The molecule has 1 aromatic carbocycles. The summed E-state index contributed by atoms with van der Waals surface area (Å²) in [6, 6.07) is 6.35. The molecule has 5 heteroatoms. The lowest BCUT2D eigenvalue weighted by Crippen LogP contribution is -2.38. The van der Waals surface area contributed by atoms with Crippen molar-refractivity contribution in [1.29, 1.82) is 0 Å². The van der Waals surface area contributed by atoms with Crippen LogP contribution in [-0.2, 0) is 11.2 Å². The number of carbonyl (C=O) groups is 1. The molecule has 3 rings (SSSR count). The number of nitrogens with zero attached hydrogens (tertiary/aromatic N) is 2. The van der Waals surface area contributed by atoms with E-state index in [2.05, 4.69) is 16.8 Å². The van der Waals surface area contributed by atoms with Crippen molar-refractivity contribution in [1.82, 2.24) is 9.88 Å². The standard InChI is InChI=1S/C19H19FN2O2/c1-2-4-18(23)22-10-3-5-15(13-22)19-21-12-17(24-19)11-14-6-8-16(20)9-7-14/h6-9,12,15H,3,5,10-11,13H2,1H3. The average Bonchev–Trinajstić information content (AvgIpc) is 3.06. The van der Waals surface area contributed by atoms with Gasteiger partial charge in [-0.05, 0) is 43.4 Å². The van der Waals surface area contributed by atoms with E-state index in [1.807, 2.05) is 0 Å². The van der Waals surface area contributed by atoms with Gasteiger partial charge in [-0.1, -0.05) is 18.1 Å². The van der Waals surface area contributed by atoms with Gasteiger partial charge in [0.25, 0.3) is 5.91 Å². The van der Waals surface area contributed by atoms with E-state index in [4.69, 9.17) is 4.42 Å². The molecule has 0 spiro atoms. The number of likely N-dealkylation sites (tertiary alicyclic amines) is 1. The maximum absolute atomic E-state index is 13.0. The molecule has 1 aliphatic heterocycles. The second-order valence-corrected chi connectivity index (χ2v) is 5.93. The lowest BCUT2D eigenvalue weighted by Gasteiger charge is -2.29. The summed E-state index contributed by atoms with van der Waals surface area (Å²) in [6.07, 6.45) is 4.15. The number of benzene rings is 1. The topological polar surface area (TPSA) is 46.3 Å². The van der Waals surface area contributed by atoms with E-state index in [9.17, 15) is 9.18 Å². The van der Waals surface area contributed by atoms with Crippen LogP contribution in [0.2, 0.25) is 0 Å². The van der Waals surface area contributed by atoms with Crippen molar-refractivity contribution in [2.24, 2.45) is 0 Å². The smallest absolute Gasteiger partial charge is 0.298 e. The lowest BCUT2D eigenvalue weighted by atomic mass is 9.98. The van der Waals surface area contributed by atoms with Crippen molar-refractivity contribution in [3.8, 4) is 11.8 Å². The van der Waals surface area contributed by atoms with Gasteiger partial charge in [-0.2, -0.15) is 0 Å². The number of oxazole rings is 1. The summed E-state index contributed by atoms with van der Waals surface area (Å²) in [5.74, 6) is 6.35. The third-order valence-corrected chi connectivity index (χ3v) is 4.15. The maximum atomic E-state index is 13.0. The van der Waals surface area contributed by atoms with Gasteiger partial charge in [-0.25, -0.2) is 9.37 Å². The zero-order chi connectivity index (χ0) is 16.9. The third kappa shape index (κ3) is 3.83. The fourth-order valence-electron chi connectivity index (χ4n) is 2.95. The molecule has 1 atom stereocenters. The number of piperidine rings is 1. The molecule has 1 amide bonds. The van der Waals surface area contributed by atoms with Crippen LogP contribution < -0.4 is 0 Å². The monoisotopic (exact) mass is 326 g/mol. The molecule has 2 aromatic rings. The Morgan fingerprint density at radius 1 is 1.42 bits per heavy atom. The highest BCUT2D eigenvalue weighted by molar-refractivity contribution is 5.93. The van der Waals surface area contributed by atoms with E-state index in [1.54, 1.807) is 30.2 Å². The average molecular weight is 326 g/mol. The zero-order valence-corrected chi connectivity index (χ0v) is 13.6. The number of rotatable bonds is 3. The van der Waals surface area contributed by atoms with Crippen LogP contribution in [0.1, 0.15) is 42.9 Å². The highest BCUT2D eigenvalue weighted by Gasteiger charge is 2.27. The minimum absolute atomic E-state index is 0.100. The summed E-state index contributed by atoms with van der Waals surface area (Å²) < 4.78 is 18.8. The molecule has 124 valence electrons. The molecule has 1 fully saturated rings. The Hall–Kier alpha value is -2.61. The Bertz CT molecular complexity index is 771. The van der Waals surface area contributed by atoms with Gasteiger partial charge in [-0.15, -0.1) is 0 Å². The van der Waals surface area contributed by atoms with Crippen molar-refractivity contribution >= 4 is 5.91 Å². The van der Waals surface area contributed by atoms with Gasteiger partial charge >= 0.3 is 0 Å². The van der Waals surface area contributed by atoms with Crippen molar-refractivity contribution in [2.75, 3.05) is 13.1 Å². The van der Waals surface area contributed by atoms with Gasteiger partial charge in [0, 0.05) is 19.5 Å². The molecule has 0 aliphatic carbocycles. The SMILES string of the molecule is CC#CC(=O)N1CCCC(c2ncc(Cc3ccc(F)cc3)o2)C1. The highest BCUT2D eigenvalue weighted by Crippen LogP contribution is 2.27. The molecule has 1 saturated heterocycles. The van der Waals surface area contributed by atoms with Crippen LogP contribution in [0.3, 0.4) is 0 Å². The number of hydrogen-bond acceptors (Lipinski definition) is 3. The first-order chi connectivity index (χ1) is 11.7.